The molecule has 144 valence electrons. The summed E-state index contributed by atoms with van der Waals surface area (Å²) in [7, 11) is 0. The van der Waals surface area contributed by atoms with E-state index >= 15 is 0 Å². The molecule has 2 N–H and O–H groups in total. The third kappa shape index (κ3) is 4.34. The van der Waals surface area contributed by atoms with Gasteiger partial charge in [-0.3, -0.25) is 10.1 Å². The molecule has 1 aliphatic rings. The minimum atomic E-state index is -0.472. The van der Waals surface area contributed by atoms with Crippen LogP contribution in [-0.2, 0) is 4.74 Å². The number of rotatable bonds is 4. The number of amides is 2. The van der Waals surface area contributed by atoms with Gasteiger partial charge in [0.15, 0.2) is 5.76 Å². The Kier molecular flexibility index (Phi) is 5.28. The molecule has 1 aliphatic carbocycles. The van der Waals surface area contributed by atoms with E-state index < -0.39 is 6.09 Å². The smallest absolute Gasteiger partial charge is 0.411 e. The number of carbonyl (C=O) groups excluding carboxylic acids is 2. The van der Waals surface area contributed by atoms with Crippen molar-refractivity contribution in [3.05, 3.63) is 66.4 Å². The fourth-order valence-corrected chi connectivity index (χ4v) is 3.55. The molecule has 28 heavy (non-hydrogen) atoms. The molecule has 0 unspecified atom stereocenters. The number of ether oxygens (including phenoxy) is 1. The number of carbonyl (C=O) groups is 2. The van der Waals surface area contributed by atoms with Crippen molar-refractivity contribution < 1.29 is 18.7 Å². The first-order chi connectivity index (χ1) is 13.7. The molecule has 2 amide bonds. The standard InChI is InChI=1S/C22H22N2O4/c25-21(20-13-15-7-4-5-12-19(15)28-20)23-17-10-6-11-18(14-17)27-22(26)24-16-8-2-1-3-9-16/h1-5,7-9,12-13,17-18H,6,10-11,14H2,(H,23,25)(H,24,26)/t17-,18+/m0/s1. The second-order valence-corrected chi connectivity index (χ2v) is 7.00. The van der Waals surface area contributed by atoms with E-state index in [-0.39, 0.29) is 18.1 Å². The minimum absolute atomic E-state index is 0.0519. The number of furan rings is 1. The molecular formula is C22H22N2O4. The van der Waals surface area contributed by atoms with Crippen LogP contribution in [0, 0.1) is 0 Å². The van der Waals surface area contributed by atoms with Crippen molar-refractivity contribution in [1.82, 2.24) is 5.32 Å². The van der Waals surface area contributed by atoms with Crippen LogP contribution >= 0.6 is 0 Å². The van der Waals surface area contributed by atoms with Gasteiger partial charge in [-0.15, -0.1) is 0 Å². The maximum atomic E-state index is 12.5. The molecular weight excluding hydrogens is 356 g/mol. The Morgan fingerprint density at radius 3 is 2.61 bits per heavy atom. The zero-order valence-corrected chi connectivity index (χ0v) is 15.4. The Morgan fingerprint density at radius 2 is 1.79 bits per heavy atom. The van der Waals surface area contributed by atoms with Crippen LogP contribution < -0.4 is 10.6 Å². The molecule has 0 saturated heterocycles. The van der Waals surface area contributed by atoms with Gasteiger partial charge in [-0.2, -0.15) is 0 Å². The quantitative estimate of drug-likeness (QED) is 0.688. The number of para-hydroxylation sites is 2. The Bertz CT molecular complexity index is 934. The predicted octanol–water partition coefficient (Wildman–Crippen LogP) is 4.72. The van der Waals surface area contributed by atoms with Gasteiger partial charge in [0, 0.05) is 23.5 Å². The number of hydrogen-bond donors (Lipinski definition) is 2. The van der Waals surface area contributed by atoms with E-state index in [1.807, 2.05) is 42.5 Å². The zero-order valence-electron chi connectivity index (χ0n) is 15.4. The Labute approximate surface area is 162 Å². The van der Waals surface area contributed by atoms with Crippen LogP contribution in [0.25, 0.3) is 11.0 Å². The predicted molar refractivity (Wildman–Crippen MR) is 106 cm³/mol. The van der Waals surface area contributed by atoms with Crippen LogP contribution in [0.15, 0.2) is 65.1 Å². The fraction of sp³-hybridized carbons (Fsp3) is 0.273. The first kappa shape index (κ1) is 18.1. The van der Waals surface area contributed by atoms with Gasteiger partial charge in [0.25, 0.3) is 5.91 Å². The van der Waals surface area contributed by atoms with Crippen LogP contribution in [-0.4, -0.2) is 24.1 Å². The summed E-state index contributed by atoms with van der Waals surface area (Å²) in [6, 6.07) is 18.4. The van der Waals surface area contributed by atoms with Gasteiger partial charge in [-0.1, -0.05) is 36.4 Å². The van der Waals surface area contributed by atoms with Crippen molar-refractivity contribution in [2.45, 2.75) is 37.8 Å². The normalized spacial score (nSPS) is 19.1. The highest BCUT2D eigenvalue weighted by molar-refractivity contribution is 5.96. The van der Waals surface area contributed by atoms with E-state index in [1.165, 1.54) is 0 Å². The Morgan fingerprint density at radius 1 is 1.00 bits per heavy atom. The summed E-state index contributed by atoms with van der Waals surface area (Å²) in [5, 5.41) is 6.62. The summed E-state index contributed by atoms with van der Waals surface area (Å²) < 4.78 is 11.2. The Balaban J connectivity index is 1.32. The van der Waals surface area contributed by atoms with E-state index in [0.29, 0.717) is 23.5 Å². The zero-order chi connectivity index (χ0) is 19.3. The molecule has 0 aliphatic heterocycles. The SMILES string of the molecule is O=C(Nc1ccccc1)O[C@@H]1CCC[C@H](NC(=O)c2cc3ccccc3o2)C1. The van der Waals surface area contributed by atoms with Gasteiger partial charge in [-0.25, -0.2) is 4.79 Å². The number of anilines is 1. The molecule has 4 rings (SSSR count). The van der Waals surface area contributed by atoms with Gasteiger partial charge < -0.3 is 14.5 Å². The highest BCUT2D eigenvalue weighted by atomic mass is 16.6. The second-order valence-electron chi connectivity index (χ2n) is 7.00. The van der Waals surface area contributed by atoms with Crippen LogP contribution in [0.5, 0.6) is 0 Å². The van der Waals surface area contributed by atoms with E-state index in [0.717, 1.165) is 24.6 Å². The molecule has 0 spiro atoms. The third-order valence-corrected chi connectivity index (χ3v) is 4.90. The summed E-state index contributed by atoms with van der Waals surface area (Å²) in [6.07, 6.45) is 2.42. The maximum absolute atomic E-state index is 12.5. The average Bonchev–Trinajstić information content (AvgIpc) is 3.13. The van der Waals surface area contributed by atoms with E-state index in [1.54, 1.807) is 18.2 Å². The van der Waals surface area contributed by atoms with E-state index in [4.69, 9.17) is 9.15 Å². The van der Waals surface area contributed by atoms with Crippen molar-refractivity contribution in [1.29, 1.82) is 0 Å². The molecule has 3 aromatic rings. The molecule has 6 heteroatoms. The molecule has 1 saturated carbocycles. The van der Waals surface area contributed by atoms with Gasteiger partial charge in [0.05, 0.1) is 0 Å². The van der Waals surface area contributed by atoms with Crippen molar-refractivity contribution in [3.63, 3.8) is 0 Å². The first-order valence-electron chi connectivity index (χ1n) is 9.49. The second kappa shape index (κ2) is 8.17. The summed E-state index contributed by atoms with van der Waals surface area (Å²) in [6.45, 7) is 0. The Hall–Kier alpha value is -3.28. The summed E-state index contributed by atoms with van der Waals surface area (Å²) in [5.74, 6) is 0.0571. The molecule has 0 bridgehead atoms. The summed E-state index contributed by atoms with van der Waals surface area (Å²) >= 11 is 0. The minimum Gasteiger partial charge on any atom is -0.451 e. The van der Waals surface area contributed by atoms with Crippen LogP contribution in [0.1, 0.15) is 36.2 Å². The maximum Gasteiger partial charge on any atom is 0.411 e. The summed E-state index contributed by atoms with van der Waals surface area (Å²) in [5.41, 5.74) is 1.38. The van der Waals surface area contributed by atoms with Crippen LogP contribution in [0.3, 0.4) is 0 Å². The molecule has 2 atom stereocenters. The highest BCUT2D eigenvalue weighted by Gasteiger charge is 2.27. The fourth-order valence-electron chi connectivity index (χ4n) is 3.55. The van der Waals surface area contributed by atoms with Gasteiger partial charge in [-0.05, 0) is 43.5 Å². The lowest BCUT2D eigenvalue weighted by Gasteiger charge is -2.29. The lowest BCUT2D eigenvalue weighted by atomic mass is 9.93. The number of hydrogen-bond acceptors (Lipinski definition) is 4. The van der Waals surface area contributed by atoms with Gasteiger partial charge in [0.2, 0.25) is 0 Å². The van der Waals surface area contributed by atoms with Crippen molar-refractivity contribution in [2.75, 3.05) is 5.32 Å². The molecule has 1 aromatic heterocycles. The van der Waals surface area contributed by atoms with E-state index in [2.05, 4.69) is 10.6 Å². The first-order valence-corrected chi connectivity index (χ1v) is 9.49. The topological polar surface area (TPSA) is 80.6 Å². The number of benzene rings is 2. The molecule has 6 nitrogen and oxygen atoms in total. The molecule has 1 heterocycles. The molecule has 1 fully saturated rings. The van der Waals surface area contributed by atoms with Crippen LogP contribution in [0.2, 0.25) is 0 Å². The van der Waals surface area contributed by atoms with Crippen molar-refractivity contribution in [2.24, 2.45) is 0 Å². The molecule has 0 radical (unpaired) electrons. The van der Waals surface area contributed by atoms with Gasteiger partial charge >= 0.3 is 6.09 Å². The lowest BCUT2D eigenvalue weighted by molar-refractivity contribution is 0.0703. The summed E-state index contributed by atoms with van der Waals surface area (Å²) in [4.78, 5) is 24.6. The lowest BCUT2D eigenvalue weighted by Crippen LogP contribution is -2.41. The monoisotopic (exact) mass is 378 g/mol. The van der Waals surface area contributed by atoms with Crippen molar-refractivity contribution in [3.8, 4) is 0 Å². The van der Waals surface area contributed by atoms with E-state index in [9.17, 15) is 9.59 Å². The number of nitrogens with one attached hydrogen (secondary N) is 2. The largest absolute Gasteiger partial charge is 0.451 e. The van der Waals surface area contributed by atoms with Gasteiger partial charge in [0.1, 0.15) is 11.7 Å². The number of fused-ring (bicyclic) bond motifs is 1. The molecule has 2 aromatic carbocycles. The highest BCUT2D eigenvalue weighted by Crippen LogP contribution is 2.23. The van der Waals surface area contributed by atoms with Crippen LogP contribution in [0.4, 0.5) is 10.5 Å². The average molecular weight is 378 g/mol. The van der Waals surface area contributed by atoms with Crippen molar-refractivity contribution >= 4 is 28.7 Å². The third-order valence-electron chi connectivity index (χ3n) is 4.90.